The largest absolute Gasteiger partial charge is 0.466 e. The van der Waals surface area contributed by atoms with Crippen molar-refractivity contribution in [1.29, 1.82) is 5.26 Å². The molecule has 0 saturated heterocycles. The molecule has 0 aliphatic heterocycles. The van der Waals surface area contributed by atoms with Crippen LogP contribution in [0.3, 0.4) is 0 Å². The Morgan fingerprint density at radius 3 is 2.41 bits per heavy atom. The van der Waals surface area contributed by atoms with Gasteiger partial charge >= 0.3 is 12.1 Å². The number of nitrogens with one attached hydrogen (secondary N) is 2. The summed E-state index contributed by atoms with van der Waals surface area (Å²) in [7, 11) is 0. The van der Waals surface area contributed by atoms with Gasteiger partial charge in [0.1, 0.15) is 24.7 Å². The summed E-state index contributed by atoms with van der Waals surface area (Å²) in [5, 5.41) is 14.4. The van der Waals surface area contributed by atoms with Crippen LogP contribution in [0.4, 0.5) is 4.79 Å². The van der Waals surface area contributed by atoms with Crippen LogP contribution in [-0.2, 0) is 23.9 Å². The molecule has 0 aliphatic carbocycles. The van der Waals surface area contributed by atoms with E-state index in [-0.39, 0.29) is 19.6 Å². The van der Waals surface area contributed by atoms with E-state index in [0.717, 1.165) is 16.0 Å². The second-order valence-corrected chi connectivity index (χ2v) is 8.64. The van der Waals surface area contributed by atoms with E-state index in [9.17, 15) is 24.4 Å². The molecule has 0 spiro atoms. The van der Waals surface area contributed by atoms with Crippen molar-refractivity contribution in [1.82, 2.24) is 15.5 Å². The van der Waals surface area contributed by atoms with Gasteiger partial charge in [-0.25, -0.2) is 4.79 Å². The summed E-state index contributed by atoms with van der Waals surface area (Å²) in [5.74, 6) is -1.66. The normalized spacial score (nSPS) is 11.6. The zero-order valence-corrected chi connectivity index (χ0v) is 20.7. The fourth-order valence-corrected chi connectivity index (χ4v) is 3.09. The number of alkyl carbamates (subject to hydrolysis) is 1. The van der Waals surface area contributed by atoms with Crippen molar-refractivity contribution in [2.24, 2.45) is 0 Å². The maximum absolute atomic E-state index is 13.2. The van der Waals surface area contributed by atoms with Gasteiger partial charge in [-0.05, 0) is 52.7 Å². The number of carbonyl (C=O) groups excluding carboxylic acids is 4. The van der Waals surface area contributed by atoms with E-state index in [4.69, 9.17) is 9.47 Å². The number of ether oxygens (including phenoxy) is 2. The maximum Gasteiger partial charge on any atom is 0.408 e. The van der Waals surface area contributed by atoms with Crippen LogP contribution >= 0.6 is 0 Å². The Labute approximate surface area is 200 Å². The first-order valence-electron chi connectivity index (χ1n) is 11.0. The van der Waals surface area contributed by atoms with Crippen LogP contribution in [0.15, 0.2) is 18.2 Å². The molecule has 186 valence electrons. The van der Waals surface area contributed by atoms with Crippen molar-refractivity contribution in [3.63, 3.8) is 0 Å². The van der Waals surface area contributed by atoms with Crippen LogP contribution in [0.2, 0.25) is 0 Å². The Hall–Kier alpha value is -3.61. The average Bonchev–Trinajstić information content (AvgIpc) is 2.73. The molecule has 0 radical (unpaired) electrons. The van der Waals surface area contributed by atoms with Gasteiger partial charge in [-0.2, -0.15) is 5.26 Å². The van der Waals surface area contributed by atoms with Crippen LogP contribution in [0.5, 0.6) is 0 Å². The highest BCUT2D eigenvalue weighted by Crippen LogP contribution is 2.26. The number of amides is 3. The fourth-order valence-electron chi connectivity index (χ4n) is 3.09. The molecule has 10 heteroatoms. The van der Waals surface area contributed by atoms with Gasteiger partial charge in [-0.15, -0.1) is 0 Å². The Kier molecular flexibility index (Phi) is 11.0. The van der Waals surface area contributed by atoms with Gasteiger partial charge in [0, 0.05) is 6.54 Å². The van der Waals surface area contributed by atoms with E-state index in [1.807, 2.05) is 25.1 Å². The lowest BCUT2D eigenvalue weighted by Crippen LogP contribution is -2.48. The molecule has 2 N–H and O–H groups in total. The molecule has 0 saturated carbocycles. The van der Waals surface area contributed by atoms with Gasteiger partial charge in [0.2, 0.25) is 11.8 Å². The third-order valence-corrected chi connectivity index (χ3v) is 4.57. The first kappa shape index (κ1) is 28.4. The summed E-state index contributed by atoms with van der Waals surface area (Å²) in [6.07, 6.45) is -0.828. The lowest BCUT2D eigenvalue weighted by Gasteiger charge is -2.31. The monoisotopic (exact) mass is 474 g/mol. The predicted molar refractivity (Wildman–Crippen MR) is 124 cm³/mol. The Morgan fingerprint density at radius 2 is 1.82 bits per heavy atom. The summed E-state index contributed by atoms with van der Waals surface area (Å²) in [4.78, 5) is 51.0. The molecule has 34 heavy (non-hydrogen) atoms. The molecular formula is C24H34N4O6. The number of nitrogens with zero attached hydrogens (tertiary/aromatic N) is 2. The summed E-state index contributed by atoms with van der Waals surface area (Å²) < 4.78 is 10.0. The number of esters is 1. The van der Waals surface area contributed by atoms with Crippen molar-refractivity contribution in [3.8, 4) is 6.07 Å². The number of rotatable bonds is 10. The van der Waals surface area contributed by atoms with Crippen molar-refractivity contribution >= 4 is 23.9 Å². The molecule has 0 bridgehead atoms. The molecule has 1 rings (SSSR count). The minimum Gasteiger partial charge on any atom is -0.466 e. The molecule has 0 fully saturated rings. The predicted octanol–water partition coefficient (Wildman–Crippen LogP) is 2.29. The SMILES string of the molecule is CCOC(=O)CCNC(=O)C(c1cc(C)ccc1C)N(CC#N)C(=O)CNC(=O)OC(C)(C)C. The van der Waals surface area contributed by atoms with Gasteiger partial charge in [0.15, 0.2) is 0 Å². The van der Waals surface area contributed by atoms with Gasteiger partial charge in [0.05, 0.1) is 19.1 Å². The summed E-state index contributed by atoms with van der Waals surface area (Å²) in [6, 6.07) is 6.22. The quantitative estimate of drug-likeness (QED) is 0.392. The summed E-state index contributed by atoms with van der Waals surface area (Å²) in [5.41, 5.74) is 1.39. The van der Waals surface area contributed by atoms with E-state index in [2.05, 4.69) is 10.6 Å². The van der Waals surface area contributed by atoms with E-state index >= 15 is 0 Å². The summed E-state index contributed by atoms with van der Waals surface area (Å²) >= 11 is 0. The maximum atomic E-state index is 13.2. The highest BCUT2D eigenvalue weighted by atomic mass is 16.6. The Morgan fingerprint density at radius 1 is 1.15 bits per heavy atom. The van der Waals surface area contributed by atoms with Gasteiger partial charge in [-0.1, -0.05) is 23.8 Å². The van der Waals surface area contributed by atoms with Gasteiger partial charge in [-0.3, -0.25) is 14.4 Å². The smallest absolute Gasteiger partial charge is 0.408 e. The number of carbonyl (C=O) groups is 4. The fraction of sp³-hybridized carbons (Fsp3) is 0.542. The highest BCUT2D eigenvalue weighted by Gasteiger charge is 2.33. The number of hydrogen-bond donors (Lipinski definition) is 2. The zero-order chi connectivity index (χ0) is 25.9. The first-order chi connectivity index (χ1) is 15.9. The minimum atomic E-state index is -1.14. The average molecular weight is 475 g/mol. The number of nitriles is 1. The van der Waals surface area contributed by atoms with E-state index < -0.39 is 48.6 Å². The molecule has 0 aliphatic rings. The van der Waals surface area contributed by atoms with Crippen LogP contribution in [0.1, 0.15) is 56.8 Å². The molecular weight excluding hydrogens is 440 g/mol. The molecule has 0 aromatic heterocycles. The van der Waals surface area contributed by atoms with Crippen LogP contribution in [0.25, 0.3) is 0 Å². The lowest BCUT2D eigenvalue weighted by molar-refractivity contribution is -0.143. The van der Waals surface area contributed by atoms with Crippen LogP contribution in [0, 0.1) is 25.2 Å². The molecule has 1 unspecified atom stereocenters. The van der Waals surface area contributed by atoms with Crippen molar-refractivity contribution in [2.45, 2.75) is 59.6 Å². The molecule has 1 atom stereocenters. The third-order valence-electron chi connectivity index (χ3n) is 4.57. The topological polar surface area (TPSA) is 138 Å². The standard InChI is InChI=1S/C24H34N4O6/c1-7-33-20(30)10-12-26-22(31)21(18-14-16(2)8-9-17(18)3)28(13-11-25)19(29)15-27-23(32)34-24(4,5)6/h8-9,14,21H,7,10,12-13,15H2,1-6H3,(H,26,31)(H,27,32). The van der Waals surface area contributed by atoms with Crippen LogP contribution < -0.4 is 10.6 Å². The Balaban J connectivity index is 3.17. The first-order valence-corrected chi connectivity index (χ1v) is 11.0. The molecule has 10 nitrogen and oxygen atoms in total. The number of aryl methyl sites for hydroxylation is 2. The van der Waals surface area contributed by atoms with Crippen molar-refractivity contribution in [3.05, 3.63) is 34.9 Å². The van der Waals surface area contributed by atoms with Crippen molar-refractivity contribution in [2.75, 3.05) is 26.2 Å². The molecule has 3 amide bonds. The second kappa shape index (κ2) is 13.2. The highest BCUT2D eigenvalue weighted by molar-refractivity contribution is 5.91. The van der Waals surface area contributed by atoms with E-state index in [0.29, 0.717) is 5.56 Å². The second-order valence-electron chi connectivity index (χ2n) is 8.64. The van der Waals surface area contributed by atoms with E-state index in [1.54, 1.807) is 40.7 Å². The van der Waals surface area contributed by atoms with Gasteiger partial charge < -0.3 is 25.0 Å². The van der Waals surface area contributed by atoms with Crippen LogP contribution in [-0.4, -0.2) is 60.6 Å². The minimum absolute atomic E-state index is 0.00374. The van der Waals surface area contributed by atoms with Gasteiger partial charge in [0.25, 0.3) is 0 Å². The number of benzene rings is 1. The summed E-state index contributed by atoms with van der Waals surface area (Å²) in [6.45, 7) is 9.77. The lowest BCUT2D eigenvalue weighted by atomic mass is 9.96. The number of hydrogen-bond acceptors (Lipinski definition) is 7. The zero-order valence-electron chi connectivity index (χ0n) is 20.7. The molecule has 1 aromatic rings. The Bertz CT molecular complexity index is 932. The van der Waals surface area contributed by atoms with E-state index in [1.165, 1.54) is 0 Å². The van der Waals surface area contributed by atoms with Crippen molar-refractivity contribution < 1.29 is 28.7 Å². The molecule has 1 aromatic carbocycles. The third kappa shape index (κ3) is 9.48. The molecule has 0 heterocycles.